The highest BCUT2D eigenvalue weighted by molar-refractivity contribution is 5.89. The number of carbonyl (C=O) groups excluding carboxylic acids is 2. The van der Waals surface area contributed by atoms with Gasteiger partial charge in [-0.05, 0) is 32.8 Å². The first-order valence-electron chi connectivity index (χ1n) is 8.84. The van der Waals surface area contributed by atoms with E-state index in [1.165, 1.54) is 38.5 Å². The van der Waals surface area contributed by atoms with Crippen molar-refractivity contribution in [2.75, 3.05) is 0 Å². The molecular weight excluding hydrogens is 304 g/mol. The minimum atomic E-state index is -0.605. The smallest absolute Gasteiger partial charge is 0.340 e. The van der Waals surface area contributed by atoms with E-state index in [9.17, 15) is 9.59 Å². The van der Waals surface area contributed by atoms with Gasteiger partial charge in [-0.1, -0.05) is 65.0 Å². The summed E-state index contributed by atoms with van der Waals surface area (Å²) in [5.41, 5.74) is 0.499. The molecule has 0 radical (unpaired) electrons. The maximum Gasteiger partial charge on any atom is 0.340 e. The molecule has 0 aliphatic carbocycles. The summed E-state index contributed by atoms with van der Waals surface area (Å²) in [5, 5.41) is 0. The summed E-state index contributed by atoms with van der Waals surface area (Å²) in [5.74, 6) is -1.29. The second-order valence-corrected chi connectivity index (χ2v) is 6.13. The standard InChI is InChI=1S/C20H32O4/c1-6-7-8-9-10-11-12-13-14-15-18(23-19(21)16(2)3)24-20(22)17(4)5/h15H,2,4,6-14H2,1,3,5H3. The van der Waals surface area contributed by atoms with Crippen LogP contribution in [0.1, 0.15) is 78.6 Å². The molecule has 4 nitrogen and oxygen atoms in total. The van der Waals surface area contributed by atoms with Gasteiger partial charge < -0.3 is 9.47 Å². The third-order valence-electron chi connectivity index (χ3n) is 3.45. The van der Waals surface area contributed by atoms with Gasteiger partial charge in [-0.2, -0.15) is 0 Å². The van der Waals surface area contributed by atoms with Crippen molar-refractivity contribution in [1.82, 2.24) is 0 Å². The molecule has 0 saturated carbocycles. The van der Waals surface area contributed by atoms with Crippen LogP contribution >= 0.6 is 0 Å². The Labute approximate surface area is 146 Å². The van der Waals surface area contributed by atoms with E-state index in [4.69, 9.17) is 9.47 Å². The van der Waals surface area contributed by atoms with Crippen molar-refractivity contribution < 1.29 is 19.1 Å². The predicted molar refractivity (Wildman–Crippen MR) is 97.1 cm³/mol. The molecule has 0 heterocycles. The number of allylic oxidation sites excluding steroid dienone is 1. The van der Waals surface area contributed by atoms with Crippen LogP contribution in [0.2, 0.25) is 0 Å². The molecule has 4 heteroatoms. The summed E-state index contributed by atoms with van der Waals surface area (Å²) in [7, 11) is 0. The first kappa shape index (κ1) is 22.2. The lowest BCUT2D eigenvalue weighted by Gasteiger charge is -2.09. The van der Waals surface area contributed by atoms with Crippen molar-refractivity contribution in [2.45, 2.75) is 78.6 Å². The molecule has 0 aliphatic rings. The number of hydrogen-bond acceptors (Lipinski definition) is 4. The van der Waals surface area contributed by atoms with Gasteiger partial charge in [0.1, 0.15) is 0 Å². The minimum Gasteiger partial charge on any atom is -0.389 e. The van der Waals surface area contributed by atoms with Gasteiger partial charge >= 0.3 is 11.9 Å². The van der Waals surface area contributed by atoms with Crippen molar-refractivity contribution in [2.24, 2.45) is 0 Å². The molecule has 0 spiro atoms. The third-order valence-corrected chi connectivity index (χ3v) is 3.45. The first-order valence-corrected chi connectivity index (χ1v) is 8.84. The molecule has 0 bridgehead atoms. The summed E-state index contributed by atoms with van der Waals surface area (Å²) in [6.07, 6.45) is 12.0. The molecule has 0 rings (SSSR count). The van der Waals surface area contributed by atoms with Gasteiger partial charge in [0.25, 0.3) is 5.95 Å². The average Bonchev–Trinajstić information content (AvgIpc) is 2.52. The van der Waals surface area contributed by atoms with Crippen molar-refractivity contribution in [1.29, 1.82) is 0 Å². The number of ether oxygens (including phenoxy) is 2. The maximum absolute atomic E-state index is 11.6. The fraction of sp³-hybridized carbons (Fsp3) is 0.600. The van der Waals surface area contributed by atoms with Gasteiger partial charge in [0, 0.05) is 11.1 Å². The van der Waals surface area contributed by atoms with Gasteiger partial charge in [-0.3, -0.25) is 0 Å². The van der Waals surface area contributed by atoms with Gasteiger partial charge in [-0.25, -0.2) is 9.59 Å². The van der Waals surface area contributed by atoms with Crippen LogP contribution in [0.25, 0.3) is 0 Å². The highest BCUT2D eigenvalue weighted by atomic mass is 16.7. The summed E-state index contributed by atoms with van der Waals surface area (Å²) in [4.78, 5) is 23.2. The highest BCUT2D eigenvalue weighted by Crippen LogP contribution is 2.13. The monoisotopic (exact) mass is 336 g/mol. The van der Waals surface area contributed by atoms with Gasteiger partial charge in [0.15, 0.2) is 0 Å². The number of carbonyl (C=O) groups is 2. The Bertz CT molecular complexity index is 430. The second-order valence-electron chi connectivity index (χ2n) is 6.13. The summed E-state index contributed by atoms with van der Waals surface area (Å²) >= 11 is 0. The maximum atomic E-state index is 11.6. The Balaban J connectivity index is 4.23. The molecule has 0 aliphatic heterocycles. The second kappa shape index (κ2) is 13.6. The van der Waals surface area contributed by atoms with E-state index >= 15 is 0 Å². The van der Waals surface area contributed by atoms with E-state index in [1.807, 2.05) is 0 Å². The SMILES string of the molecule is C=C(C)C(=O)OC(=CCCCCCCCCCC)OC(=O)C(=C)C. The summed E-state index contributed by atoms with van der Waals surface area (Å²) in [6, 6.07) is 0. The van der Waals surface area contributed by atoms with E-state index in [0.29, 0.717) is 6.42 Å². The molecule has 0 fully saturated rings. The van der Waals surface area contributed by atoms with Crippen LogP contribution in [0.3, 0.4) is 0 Å². The Morgan fingerprint density at radius 1 is 0.792 bits per heavy atom. The fourth-order valence-electron chi connectivity index (χ4n) is 1.96. The Morgan fingerprint density at radius 3 is 1.62 bits per heavy atom. The normalized spacial score (nSPS) is 9.96. The summed E-state index contributed by atoms with van der Waals surface area (Å²) in [6.45, 7) is 12.3. The van der Waals surface area contributed by atoms with Gasteiger partial charge in [0.2, 0.25) is 0 Å². The number of rotatable bonds is 13. The largest absolute Gasteiger partial charge is 0.389 e. The van der Waals surface area contributed by atoms with Crippen LogP contribution in [-0.4, -0.2) is 11.9 Å². The average molecular weight is 336 g/mol. The lowest BCUT2D eigenvalue weighted by atomic mass is 10.1. The van der Waals surface area contributed by atoms with Crippen LogP contribution in [0.5, 0.6) is 0 Å². The number of esters is 2. The molecule has 0 saturated heterocycles. The van der Waals surface area contributed by atoms with Crippen LogP contribution in [0, 0.1) is 0 Å². The van der Waals surface area contributed by atoms with E-state index in [2.05, 4.69) is 20.1 Å². The minimum absolute atomic E-state index is 0.0843. The van der Waals surface area contributed by atoms with E-state index in [1.54, 1.807) is 19.9 Å². The van der Waals surface area contributed by atoms with Crippen molar-refractivity contribution >= 4 is 11.9 Å². The van der Waals surface area contributed by atoms with Crippen LogP contribution < -0.4 is 0 Å². The molecule has 0 unspecified atom stereocenters. The molecular formula is C20H32O4. The van der Waals surface area contributed by atoms with Gasteiger partial charge in [0.05, 0.1) is 0 Å². The van der Waals surface area contributed by atoms with E-state index < -0.39 is 11.9 Å². The quantitative estimate of drug-likeness (QED) is 0.190. The van der Waals surface area contributed by atoms with Crippen LogP contribution in [0.4, 0.5) is 0 Å². The van der Waals surface area contributed by atoms with E-state index in [-0.39, 0.29) is 17.1 Å². The lowest BCUT2D eigenvalue weighted by Crippen LogP contribution is -2.12. The molecule has 0 aromatic rings. The van der Waals surface area contributed by atoms with E-state index in [0.717, 1.165) is 12.8 Å². The molecule has 136 valence electrons. The zero-order valence-electron chi connectivity index (χ0n) is 15.5. The van der Waals surface area contributed by atoms with Crippen molar-refractivity contribution in [3.63, 3.8) is 0 Å². The molecule has 0 atom stereocenters. The zero-order chi connectivity index (χ0) is 18.4. The lowest BCUT2D eigenvalue weighted by molar-refractivity contribution is -0.148. The van der Waals surface area contributed by atoms with Gasteiger partial charge in [-0.15, -0.1) is 0 Å². The Hall–Kier alpha value is -1.84. The topological polar surface area (TPSA) is 52.6 Å². The highest BCUT2D eigenvalue weighted by Gasteiger charge is 2.13. The number of hydrogen-bond donors (Lipinski definition) is 0. The Kier molecular flexibility index (Phi) is 12.5. The summed E-state index contributed by atoms with van der Waals surface area (Å²) < 4.78 is 10.1. The molecule has 24 heavy (non-hydrogen) atoms. The molecule has 0 N–H and O–H groups in total. The molecule has 0 aromatic heterocycles. The van der Waals surface area contributed by atoms with Crippen molar-refractivity contribution in [3.8, 4) is 0 Å². The fourth-order valence-corrected chi connectivity index (χ4v) is 1.96. The molecule has 0 amide bonds. The molecule has 0 aromatic carbocycles. The van der Waals surface area contributed by atoms with Crippen LogP contribution in [0.15, 0.2) is 36.3 Å². The first-order chi connectivity index (χ1) is 11.4. The van der Waals surface area contributed by atoms with Crippen LogP contribution in [-0.2, 0) is 19.1 Å². The Morgan fingerprint density at radius 2 is 1.21 bits per heavy atom. The number of unbranched alkanes of at least 4 members (excludes halogenated alkanes) is 8. The van der Waals surface area contributed by atoms with Crippen molar-refractivity contribution in [3.05, 3.63) is 36.3 Å². The predicted octanol–water partition coefficient (Wildman–Crippen LogP) is 5.60. The zero-order valence-corrected chi connectivity index (χ0v) is 15.5. The third kappa shape index (κ3) is 11.7.